The molecule has 0 fully saturated rings. The summed E-state index contributed by atoms with van der Waals surface area (Å²) >= 11 is 0. The Morgan fingerprint density at radius 1 is 1.21 bits per heavy atom. The topological polar surface area (TPSA) is 44.7 Å². The number of para-hydroxylation sites is 2. The van der Waals surface area contributed by atoms with E-state index in [4.69, 9.17) is 4.74 Å². The van der Waals surface area contributed by atoms with E-state index >= 15 is 0 Å². The number of aliphatic hydroxyl groups excluding tert-OH is 1. The molecule has 0 aliphatic carbocycles. The number of aliphatic hydroxyl groups is 1. The van der Waals surface area contributed by atoms with E-state index in [9.17, 15) is 5.11 Å². The summed E-state index contributed by atoms with van der Waals surface area (Å²) in [7, 11) is 0. The molecule has 0 aromatic heterocycles. The van der Waals surface area contributed by atoms with Crippen LogP contribution < -0.4 is 10.1 Å². The zero-order chi connectivity index (χ0) is 14.1. The Hall–Kier alpha value is -1.26. The lowest BCUT2D eigenvalue weighted by Gasteiger charge is -2.22. The number of hydrogen-bond acceptors (Lipinski definition) is 4. The summed E-state index contributed by atoms with van der Waals surface area (Å²) < 4.78 is 5.54. The summed E-state index contributed by atoms with van der Waals surface area (Å²) in [5, 5.41) is 13.3. The van der Waals surface area contributed by atoms with Crippen molar-refractivity contribution >= 4 is 5.69 Å². The fourth-order valence-electron chi connectivity index (χ4n) is 1.97. The van der Waals surface area contributed by atoms with Gasteiger partial charge in [-0.1, -0.05) is 26.0 Å². The molecule has 0 radical (unpaired) electrons. The van der Waals surface area contributed by atoms with Crippen molar-refractivity contribution in [2.75, 3.05) is 38.1 Å². The highest BCUT2D eigenvalue weighted by Gasteiger charge is 2.10. The second kappa shape index (κ2) is 8.77. The first-order valence-corrected chi connectivity index (χ1v) is 7.07. The molecule has 1 atom stereocenters. The van der Waals surface area contributed by atoms with Crippen LogP contribution in [-0.4, -0.2) is 48.9 Å². The summed E-state index contributed by atoms with van der Waals surface area (Å²) in [6, 6.07) is 7.81. The molecule has 0 spiro atoms. The van der Waals surface area contributed by atoms with E-state index in [2.05, 4.69) is 24.1 Å². The second-order valence-electron chi connectivity index (χ2n) is 4.45. The van der Waals surface area contributed by atoms with E-state index in [0.29, 0.717) is 19.7 Å². The Bertz CT molecular complexity index is 354. The van der Waals surface area contributed by atoms with Crippen molar-refractivity contribution in [1.29, 1.82) is 0 Å². The monoisotopic (exact) mass is 266 g/mol. The summed E-state index contributed by atoms with van der Waals surface area (Å²) in [5.41, 5.74) is 0.933. The number of ether oxygens (including phenoxy) is 1. The quantitative estimate of drug-likeness (QED) is 0.719. The Morgan fingerprint density at radius 3 is 2.53 bits per heavy atom. The van der Waals surface area contributed by atoms with Crippen LogP contribution in [0, 0.1) is 0 Å². The average Bonchev–Trinajstić information content (AvgIpc) is 2.44. The van der Waals surface area contributed by atoms with Crippen LogP contribution in [0.25, 0.3) is 0 Å². The third-order valence-corrected chi connectivity index (χ3v) is 3.08. The first-order valence-electron chi connectivity index (χ1n) is 7.07. The van der Waals surface area contributed by atoms with Gasteiger partial charge in [0, 0.05) is 13.1 Å². The van der Waals surface area contributed by atoms with Crippen LogP contribution >= 0.6 is 0 Å². The molecule has 108 valence electrons. The van der Waals surface area contributed by atoms with Gasteiger partial charge in [-0.2, -0.15) is 0 Å². The van der Waals surface area contributed by atoms with Crippen LogP contribution in [0.15, 0.2) is 24.3 Å². The van der Waals surface area contributed by atoms with Crippen LogP contribution in [0.4, 0.5) is 5.69 Å². The maximum Gasteiger partial charge on any atom is 0.142 e. The molecule has 0 saturated heterocycles. The third-order valence-electron chi connectivity index (χ3n) is 3.08. The molecule has 0 amide bonds. The molecule has 1 aromatic carbocycles. The molecule has 1 unspecified atom stereocenters. The Labute approximate surface area is 116 Å². The highest BCUT2D eigenvalue weighted by molar-refractivity contribution is 5.56. The molecule has 19 heavy (non-hydrogen) atoms. The maximum atomic E-state index is 10.0. The van der Waals surface area contributed by atoms with Gasteiger partial charge >= 0.3 is 0 Å². The van der Waals surface area contributed by atoms with Crippen molar-refractivity contribution in [3.63, 3.8) is 0 Å². The zero-order valence-electron chi connectivity index (χ0n) is 12.2. The molecule has 2 N–H and O–H groups in total. The van der Waals surface area contributed by atoms with E-state index in [-0.39, 0.29) is 6.10 Å². The second-order valence-corrected chi connectivity index (χ2v) is 4.45. The fraction of sp³-hybridized carbons (Fsp3) is 0.600. The molecular weight excluding hydrogens is 240 g/mol. The largest absolute Gasteiger partial charge is 0.492 e. The minimum absolute atomic E-state index is 0.380. The molecule has 0 aliphatic heterocycles. The van der Waals surface area contributed by atoms with Crippen LogP contribution in [0.3, 0.4) is 0 Å². The number of rotatable bonds is 9. The summed E-state index contributed by atoms with van der Waals surface area (Å²) in [4.78, 5) is 2.21. The van der Waals surface area contributed by atoms with Gasteiger partial charge in [0.15, 0.2) is 0 Å². The predicted molar refractivity (Wildman–Crippen MR) is 79.9 cm³/mol. The number of hydrogen-bond donors (Lipinski definition) is 2. The molecule has 0 heterocycles. The fourth-order valence-corrected chi connectivity index (χ4v) is 1.97. The Kier molecular flexibility index (Phi) is 7.30. The van der Waals surface area contributed by atoms with Crippen LogP contribution in [0.1, 0.15) is 20.8 Å². The van der Waals surface area contributed by atoms with Gasteiger partial charge < -0.3 is 20.1 Å². The van der Waals surface area contributed by atoms with E-state index < -0.39 is 0 Å². The Balaban J connectivity index is 2.47. The molecule has 4 heteroatoms. The summed E-state index contributed by atoms with van der Waals surface area (Å²) in [5.74, 6) is 0.833. The highest BCUT2D eigenvalue weighted by atomic mass is 16.5. The summed E-state index contributed by atoms with van der Waals surface area (Å²) in [6.45, 7) is 9.96. The van der Waals surface area contributed by atoms with E-state index in [1.807, 2.05) is 31.2 Å². The van der Waals surface area contributed by atoms with E-state index in [0.717, 1.165) is 24.5 Å². The van der Waals surface area contributed by atoms with Gasteiger partial charge in [0.05, 0.1) is 18.4 Å². The number of likely N-dealkylation sites (N-methyl/N-ethyl adjacent to an activating group) is 1. The third kappa shape index (κ3) is 5.49. The van der Waals surface area contributed by atoms with Crippen LogP contribution in [0.5, 0.6) is 5.75 Å². The zero-order valence-corrected chi connectivity index (χ0v) is 12.2. The van der Waals surface area contributed by atoms with E-state index in [1.165, 1.54) is 0 Å². The first-order chi connectivity index (χ1) is 9.21. The summed E-state index contributed by atoms with van der Waals surface area (Å²) in [6.07, 6.45) is -0.380. The number of anilines is 1. The lowest BCUT2D eigenvalue weighted by Crippen LogP contribution is -2.35. The molecule has 1 aromatic rings. The first kappa shape index (κ1) is 15.8. The molecular formula is C15H26N2O2. The van der Waals surface area contributed by atoms with Gasteiger partial charge in [-0.3, -0.25) is 0 Å². The molecule has 0 saturated carbocycles. The molecule has 1 rings (SSSR count). The molecule has 4 nitrogen and oxygen atoms in total. The normalized spacial score (nSPS) is 12.5. The smallest absolute Gasteiger partial charge is 0.142 e. The van der Waals surface area contributed by atoms with Gasteiger partial charge in [0.2, 0.25) is 0 Å². The van der Waals surface area contributed by atoms with Crippen molar-refractivity contribution in [1.82, 2.24) is 4.90 Å². The number of nitrogens with one attached hydrogen (secondary N) is 1. The van der Waals surface area contributed by atoms with Crippen molar-refractivity contribution in [3.05, 3.63) is 24.3 Å². The highest BCUT2D eigenvalue weighted by Crippen LogP contribution is 2.23. The molecule has 0 aliphatic rings. The van der Waals surface area contributed by atoms with E-state index in [1.54, 1.807) is 0 Å². The lowest BCUT2D eigenvalue weighted by atomic mass is 10.2. The lowest BCUT2D eigenvalue weighted by molar-refractivity contribution is 0.128. The van der Waals surface area contributed by atoms with Crippen LogP contribution in [0.2, 0.25) is 0 Å². The van der Waals surface area contributed by atoms with Gasteiger partial charge in [0.25, 0.3) is 0 Å². The maximum absolute atomic E-state index is 10.0. The minimum atomic E-state index is -0.380. The Morgan fingerprint density at radius 2 is 1.89 bits per heavy atom. The van der Waals surface area contributed by atoms with Gasteiger partial charge in [-0.15, -0.1) is 0 Å². The van der Waals surface area contributed by atoms with Crippen LogP contribution in [-0.2, 0) is 0 Å². The minimum Gasteiger partial charge on any atom is -0.492 e. The van der Waals surface area contributed by atoms with Crippen molar-refractivity contribution < 1.29 is 9.84 Å². The van der Waals surface area contributed by atoms with Crippen molar-refractivity contribution in [2.24, 2.45) is 0 Å². The SMILES string of the molecule is CCOc1ccccc1NCC(O)CN(CC)CC. The standard InChI is InChI=1S/C15H26N2O2/c1-4-17(5-2)12-13(18)11-16-14-9-7-8-10-15(14)19-6-3/h7-10,13,16,18H,4-6,11-12H2,1-3H3. The van der Waals surface area contributed by atoms with Crippen molar-refractivity contribution in [3.8, 4) is 5.75 Å². The number of nitrogens with zero attached hydrogens (tertiary/aromatic N) is 1. The average molecular weight is 266 g/mol. The van der Waals surface area contributed by atoms with Gasteiger partial charge in [0.1, 0.15) is 5.75 Å². The van der Waals surface area contributed by atoms with Gasteiger partial charge in [-0.05, 0) is 32.1 Å². The molecule has 0 bridgehead atoms. The van der Waals surface area contributed by atoms with Crippen molar-refractivity contribution in [2.45, 2.75) is 26.9 Å². The van der Waals surface area contributed by atoms with Gasteiger partial charge in [-0.25, -0.2) is 0 Å². The predicted octanol–water partition coefficient (Wildman–Crippen LogP) is 2.20. The number of benzene rings is 1.